The molecule has 0 N–H and O–H groups in total. The third kappa shape index (κ3) is 4.44. The second-order valence-corrected chi connectivity index (χ2v) is 10.1. The van der Waals surface area contributed by atoms with Crippen molar-refractivity contribution in [2.24, 2.45) is 17.8 Å². The number of fused-ring (bicyclic) bond motifs is 2. The quantitative estimate of drug-likeness (QED) is 0.323. The van der Waals surface area contributed by atoms with Crippen LogP contribution < -0.4 is 0 Å². The smallest absolute Gasteiger partial charge is 0.335 e. The lowest BCUT2D eigenvalue weighted by atomic mass is 9.68. The Labute approximate surface area is 177 Å². The fourth-order valence-corrected chi connectivity index (χ4v) is 7.07. The molecule has 0 spiro atoms. The summed E-state index contributed by atoms with van der Waals surface area (Å²) in [5.41, 5.74) is 1.28. The molecule has 0 radical (unpaired) electrons. The maximum absolute atomic E-state index is 14.2. The molecule has 158 valence electrons. The molecule has 3 aliphatic rings. The largest absolute Gasteiger partial charge is 0.469 e. The summed E-state index contributed by atoms with van der Waals surface area (Å²) >= 11 is 0. The number of hydrogen-bond acceptors (Lipinski definition) is 5. The summed E-state index contributed by atoms with van der Waals surface area (Å²) in [6, 6.07) is 19.2. The van der Waals surface area contributed by atoms with Gasteiger partial charge >= 0.3 is 13.6 Å². The van der Waals surface area contributed by atoms with E-state index in [9.17, 15) is 9.36 Å². The Bertz CT molecular complexity index is 880. The van der Waals surface area contributed by atoms with Crippen molar-refractivity contribution in [2.75, 3.05) is 7.11 Å². The Balaban J connectivity index is 1.63. The molecule has 4 unspecified atom stereocenters. The van der Waals surface area contributed by atoms with E-state index >= 15 is 0 Å². The van der Waals surface area contributed by atoms with E-state index in [2.05, 4.69) is 12.2 Å². The van der Waals surface area contributed by atoms with Gasteiger partial charge in [0.1, 0.15) is 0 Å². The van der Waals surface area contributed by atoms with Crippen LogP contribution in [0.15, 0.2) is 72.8 Å². The number of benzene rings is 2. The fourth-order valence-electron chi connectivity index (χ4n) is 4.53. The average Bonchev–Trinajstić information content (AvgIpc) is 2.82. The molecule has 0 aliphatic heterocycles. The number of carbonyl (C=O) groups excluding carboxylic acids is 1. The highest BCUT2D eigenvalue weighted by Gasteiger charge is 2.55. The lowest BCUT2D eigenvalue weighted by Gasteiger charge is -2.45. The number of carbonyl (C=O) groups is 1. The monoisotopic (exact) mass is 426 g/mol. The molecule has 1 saturated carbocycles. The second kappa shape index (κ2) is 9.30. The molecule has 5 nitrogen and oxygen atoms in total. The minimum atomic E-state index is -3.64. The van der Waals surface area contributed by atoms with E-state index in [1.807, 2.05) is 60.7 Å². The standard InChI is InChI=1S/C24H27O5P/c1-27-24(25)22-20-12-14-21(15-13-20)23(22)30(26,28-16-18-8-4-2-5-9-18)29-17-19-10-6-3-7-11-19/h2-12,14,20-23H,13,15-17H2,1H3. The number of allylic oxidation sites excluding steroid dienone is 2. The van der Waals surface area contributed by atoms with Crippen molar-refractivity contribution in [1.82, 2.24) is 0 Å². The van der Waals surface area contributed by atoms with E-state index in [0.717, 1.165) is 24.0 Å². The Morgan fingerprint density at radius 1 is 0.867 bits per heavy atom. The van der Waals surface area contributed by atoms with Crippen molar-refractivity contribution in [3.63, 3.8) is 0 Å². The van der Waals surface area contributed by atoms with Gasteiger partial charge in [0, 0.05) is 0 Å². The van der Waals surface area contributed by atoms with Gasteiger partial charge in [-0.05, 0) is 35.8 Å². The first kappa shape index (κ1) is 21.0. The first-order valence-electron chi connectivity index (χ1n) is 10.3. The maximum Gasteiger partial charge on any atom is 0.335 e. The van der Waals surface area contributed by atoms with Crippen LogP contribution in [0.4, 0.5) is 0 Å². The molecule has 1 fully saturated rings. The van der Waals surface area contributed by atoms with Gasteiger partial charge in [0.2, 0.25) is 0 Å². The molecule has 0 saturated heterocycles. The van der Waals surface area contributed by atoms with Crippen LogP contribution in [-0.2, 0) is 36.4 Å². The van der Waals surface area contributed by atoms with E-state index in [0.29, 0.717) is 0 Å². The zero-order valence-corrected chi connectivity index (χ0v) is 17.9. The molecule has 3 aliphatic carbocycles. The van der Waals surface area contributed by atoms with Gasteiger partial charge in [0.05, 0.1) is 31.9 Å². The molecule has 0 amide bonds. The van der Waals surface area contributed by atoms with Crippen LogP contribution >= 0.6 is 7.60 Å². The summed E-state index contributed by atoms with van der Waals surface area (Å²) in [6.45, 7) is 0.330. The molecule has 2 bridgehead atoms. The van der Waals surface area contributed by atoms with Crippen LogP contribution in [0.5, 0.6) is 0 Å². The number of ether oxygens (including phenoxy) is 1. The van der Waals surface area contributed by atoms with Crippen LogP contribution in [0.2, 0.25) is 0 Å². The molecule has 4 atom stereocenters. The lowest BCUT2D eigenvalue weighted by molar-refractivity contribution is -0.148. The molecule has 0 aromatic heterocycles. The molecule has 2 aromatic carbocycles. The molecular formula is C24H27O5P. The summed E-state index contributed by atoms with van der Waals surface area (Å²) in [4.78, 5) is 12.7. The van der Waals surface area contributed by atoms with E-state index in [4.69, 9.17) is 13.8 Å². The molecule has 2 aromatic rings. The Morgan fingerprint density at radius 2 is 1.37 bits per heavy atom. The van der Waals surface area contributed by atoms with E-state index < -0.39 is 19.2 Å². The zero-order chi connectivity index (χ0) is 21.0. The minimum absolute atomic E-state index is 0.00132. The van der Waals surface area contributed by atoms with E-state index in [-0.39, 0.29) is 31.0 Å². The average molecular weight is 426 g/mol. The van der Waals surface area contributed by atoms with Gasteiger partial charge in [0.25, 0.3) is 0 Å². The first-order valence-corrected chi connectivity index (χ1v) is 11.9. The van der Waals surface area contributed by atoms with Crippen LogP contribution in [-0.4, -0.2) is 18.7 Å². The minimum Gasteiger partial charge on any atom is -0.469 e. The second-order valence-electron chi connectivity index (χ2n) is 7.89. The lowest BCUT2D eigenvalue weighted by Crippen LogP contribution is -2.46. The summed E-state index contributed by atoms with van der Waals surface area (Å²) < 4.78 is 31.4. The zero-order valence-electron chi connectivity index (χ0n) is 17.1. The van der Waals surface area contributed by atoms with Crippen molar-refractivity contribution in [3.8, 4) is 0 Å². The van der Waals surface area contributed by atoms with Gasteiger partial charge < -0.3 is 13.8 Å². The van der Waals surface area contributed by atoms with Crippen molar-refractivity contribution >= 4 is 13.6 Å². The molecule has 30 heavy (non-hydrogen) atoms. The van der Waals surface area contributed by atoms with Crippen molar-refractivity contribution < 1.29 is 23.1 Å². The molecular weight excluding hydrogens is 399 g/mol. The fraction of sp³-hybridized carbons (Fsp3) is 0.375. The van der Waals surface area contributed by atoms with Crippen molar-refractivity contribution in [1.29, 1.82) is 0 Å². The summed E-state index contributed by atoms with van der Waals surface area (Å²) in [5, 5.41) is 0. The van der Waals surface area contributed by atoms with Crippen LogP contribution in [0.1, 0.15) is 24.0 Å². The highest BCUT2D eigenvalue weighted by atomic mass is 31.2. The first-order chi connectivity index (χ1) is 14.6. The predicted octanol–water partition coefficient (Wildman–Crippen LogP) is 5.37. The number of esters is 1. The highest BCUT2D eigenvalue weighted by Crippen LogP contribution is 2.64. The highest BCUT2D eigenvalue weighted by molar-refractivity contribution is 7.54. The third-order valence-electron chi connectivity index (χ3n) is 6.05. The van der Waals surface area contributed by atoms with Crippen LogP contribution in [0, 0.1) is 17.8 Å². The predicted molar refractivity (Wildman–Crippen MR) is 115 cm³/mol. The summed E-state index contributed by atoms with van der Waals surface area (Å²) in [7, 11) is -2.26. The Morgan fingerprint density at radius 3 is 1.83 bits per heavy atom. The topological polar surface area (TPSA) is 61.8 Å². The normalized spacial score (nSPS) is 25.2. The van der Waals surface area contributed by atoms with E-state index in [1.54, 1.807) is 0 Å². The number of rotatable bonds is 8. The third-order valence-corrected chi connectivity index (χ3v) is 8.47. The molecule has 6 heteroatoms. The number of hydrogen-bond donors (Lipinski definition) is 0. The Hall–Kier alpha value is -2.20. The Kier molecular flexibility index (Phi) is 6.52. The van der Waals surface area contributed by atoms with Crippen molar-refractivity contribution in [2.45, 2.75) is 31.7 Å². The summed E-state index contributed by atoms with van der Waals surface area (Å²) in [6.07, 6.45) is 5.88. The number of methoxy groups -OCH3 is 1. The van der Waals surface area contributed by atoms with Crippen LogP contribution in [0.25, 0.3) is 0 Å². The van der Waals surface area contributed by atoms with Gasteiger partial charge in [-0.25, -0.2) is 0 Å². The van der Waals surface area contributed by atoms with Gasteiger partial charge in [-0.3, -0.25) is 9.36 Å². The SMILES string of the molecule is COC(=O)C1C2C=CC(CC2)C1P(=O)(OCc1ccccc1)OCc1ccccc1. The molecule has 0 heterocycles. The van der Waals surface area contributed by atoms with Gasteiger partial charge in [-0.2, -0.15) is 0 Å². The van der Waals surface area contributed by atoms with Crippen LogP contribution in [0.3, 0.4) is 0 Å². The molecule has 5 rings (SSSR count). The van der Waals surface area contributed by atoms with E-state index in [1.165, 1.54) is 7.11 Å². The van der Waals surface area contributed by atoms with Gasteiger partial charge in [0.15, 0.2) is 0 Å². The van der Waals surface area contributed by atoms with Gasteiger partial charge in [-0.15, -0.1) is 0 Å². The summed E-state index contributed by atoms with van der Waals surface area (Å²) in [5.74, 6) is -0.889. The maximum atomic E-state index is 14.2. The van der Waals surface area contributed by atoms with Crippen molar-refractivity contribution in [3.05, 3.63) is 83.9 Å². The van der Waals surface area contributed by atoms with Gasteiger partial charge in [-0.1, -0.05) is 72.8 Å².